The zero-order chi connectivity index (χ0) is 33.7. The number of rotatable bonds is 5. The molecule has 0 spiro atoms. The van der Waals surface area contributed by atoms with Gasteiger partial charge in [-0.1, -0.05) is 146 Å². The van der Waals surface area contributed by atoms with Crippen molar-refractivity contribution in [3.63, 3.8) is 0 Å². The lowest BCUT2D eigenvalue weighted by Crippen LogP contribution is -1.98. The molecule has 8 aromatic carbocycles. The maximum atomic E-state index is 5.39. The first kappa shape index (κ1) is 29.1. The van der Waals surface area contributed by atoms with E-state index in [0.29, 0.717) is 5.82 Å². The molecule has 0 saturated heterocycles. The van der Waals surface area contributed by atoms with Gasteiger partial charge in [0.2, 0.25) is 0 Å². The lowest BCUT2D eigenvalue weighted by molar-refractivity contribution is 1.19. The summed E-state index contributed by atoms with van der Waals surface area (Å²) in [7, 11) is 0. The van der Waals surface area contributed by atoms with Crippen LogP contribution in [0.15, 0.2) is 182 Å². The second-order valence-electron chi connectivity index (χ2n) is 13.1. The van der Waals surface area contributed by atoms with Crippen LogP contribution in [0.4, 0.5) is 0 Å². The van der Waals surface area contributed by atoms with Crippen LogP contribution in [0.2, 0.25) is 0 Å². The fraction of sp³-hybridized carbons (Fsp3) is 0. The van der Waals surface area contributed by atoms with Crippen LogP contribution in [0.3, 0.4) is 0 Å². The largest absolute Gasteiger partial charge is 0.361 e. The van der Waals surface area contributed by atoms with Gasteiger partial charge in [0.1, 0.15) is 0 Å². The van der Waals surface area contributed by atoms with Gasteiger partial charge in [-0.3, -0.25) is 0 Å². The molecule has 0 aliphatic carbocycles. The van der Waals surface area contributed by atoms with Gasteiger partial charge in [0.25, 0.3) is 0 Å². The predicted molar refractivity (Wildman–Crippen MR) is 214 cm³/mol. The Morgan fingerprint density at radius 2 is 0.804 bits per heavy atom. The van der Waals surface area contributed by atoms with E-state index in [1.165, 1.54) is 48.8 Å². The van der Waals surface area contributed by atoms with Crippen molar-refractivity contribution in [1.29, 1.82) is 0 Å². The summed E-state index contributed by atoms with van der Waals surface area (Å²) < 4.78 is 0. The first-order valence-electron chi connectivity index (χ1n) is 17.3. The Morgan fingerprint density at radius 3 is 1.39 bits per heavy atom. The standard InChI is InChI=1S/C48H31N3/c1-3-12-37-35(10-1)28-43(41-16-7-5-14-39(37)41)47-30-46(34-25-21-32(22-26-34)31-19-23-33(24-20-31)45-18-9-27-49-45)50-48(51-47)44-29-36-11-2-4-13-38(36)40-15-6-8-17-42(40)44/h1-30,49H. The van der Waals surface area contributed by atoms with E-state index in [1.807, 2.05) is 12.3 Å². The highest BCUT2D eigenvalue weighted by Crippen LogP contribution is 2.39. The second kappa shape index (κ2) is 11.9. The van der Waals surface area contributed by atoms with Gasteiger partial charge in [0.05, 0.1) is 11.4 Å². The molecule has 10 aromatic rings. The molecule has 238 valence electrons. The summed E-state index contributed by atoms with van der Waals surface area (Å²) in [5.41, 5.74) is 9.57. The van der Waals surface area contributed by atoms with E-state index in [4.69, 9.17) is 9.97 Å². The third-order valence-electron chi connectivity index (χ3n) is 10.1. The zero-order valence-electron chi connectivity index (χ0n) is 27.7. The minimum absolute atomic E-state index is 0.714. The summed E-state index contributed by atoms with van der Waals surface area (Å²) in [6, 6.07) is 62.7. The van der Waals surface area contributed by atoms with Gasteiger partial charge in [-0.25, -0.2) is 9.97 Å². The normalized spacial score (nSPS) is 11.5. The van der Waals surface area contributed by atoms with Crippen LogP contribution >= 0.6 is 0 Å². The van der Waals surface area contributed by atoms with Crippen molar-refractivity contribution in [2.75, 3.05) is 0 Å². The van der Waals surface area contributed by atoms with E-state index in [1.54, 1.807) is 0 Å². The lowest BCUT2D eigenvalue weighted by atomic mass is 9.94. The molecule has 1 N–H and O–H groups in total. The Hall–Kier alpha value is -6.84. The van der Waals surface area contributed by atoms with E-state index in [0.717, 1.165) is 44.7 Å². The Labute approximate surface area is 295 Å². The molecule has 51 heavy (non-hydrogen) atoms. The number of nitrogens with zero attached hydrogens (tertiary/aromatic N) is 2. The summed E-state index contributed by atoms with van der Waals surface area (Å²) in [4.78, 5) is 14.0. The lowest BCUT2D eigenvalue weighted by Gasteiger charge is -2.15. The molecule has 0 aliphatic rings. The maximum absolute atomic E-state index is 5.39. The molecule has 2 aromatic heterocycles. The van der Waals surface area contributed by atoms with Crippen molar-refractivity contribution in [3.05, 3.63) is 182 Å². The minimum atomic E-state index is 0.714. The van der Waals surface area contributed by atoms with Crippen molar-refractivity contribution in [2.45, 2.75) is 0 Å². The number of aromatic amines is 1. The van der Waals surface area contributed by atoms with Gasteiger partial charge >= 0.3 is 0 Å². The summed E-state index contributed by atoms with van der Waals surface area (Å²) in [6.45, 7) is 0. The van der Waals surface area contributed by atoms with Crippen molar-refractivity contribution in [2.24, 2.45) is 0 Å². The Bertz CT molecular complexity index is 2750. The van der Waals surface area contributed by atoms with Crippen LogP contribution in [0, 0.1) is 0 Å². The van der Waals surface area contributed by atoms with E-state index < -0.39 is 0 Å². The number of hydrogen-bond donors (Lipinski definition) is 1. The molecule has 0 amide bonds. The molecular weight excluding hydrogens is 619 g/mol. The van der Waals surface area contributed by atoms with Crippen LogP contribution in [0.1, 0.15) is 0 Å². The minimum Gasteiger partial charge on any atom is -0.361 e. The number of aromatic nitrogens is 3. The van der Waals surface area contributed by atoms with Crippen molar-refractivity contribution < 1.29 is 0 Å². The maximum Gasteiger partial charge on any atom is 0.161 e. The van der Waals surface area contributed by atoms with Crippen LogP contribution in [0.5, 0.6) is 0 Å². The molecule has 0 atom stereocenters. The summed E-state index contributed by atoms with van der Waals surface area (Å²) >= 11 is 0. The molecule has 3 heteroatoms. The van der Waals surface area contributed by atoms with Gasteiger partial charge in [-0.15, -0.1) is 0 Å². The number of fused-ring (bicyclic) bond motifs is 6. The fourth-order valence-corrected chi connectivity index (χ4v) is 7.54. The third kappa shape index (κ3) is 5.06. The molecule has 10 rings (SSSR count). The zero-order valence-corrected chi connectivity index (χ0v) is 27.7. The smallest absolute Gasteiger partial charge is 0.161 e. The number of hydrogen-bond acceptors (Lipinski definition) is 2. The Kier molecular flexibility index (Phi) is 6.81. The first-order valence-corrected chi connectivity index (χ1v) is 17.3. The highest BCUT2D eigenvalue weighted by atomic mass is 14.9. The highest BCUT2D eigenvalue weighted by molar-refractivity contribution is 6.15. The molecule has 0 unspecified atom stereocenters. The van der Waals surface area contributed by atoms with Crippen LogP contribution in [-0.4, -0.2) is 15.0 Å². The molecule has 0 bridgehead atoms. The van der Waals surface area contributed by atoms with E-state index in [-0.39, 0.29) is 0 Å². The van der Waals surface area contributed by atoms with Gasteiger partial charge in [0.15, 0.2) is 5.82 Å². The van der Waals surface area contributed by atoms with Crippen molar-refractivity contribution >= 4 is 43.1 Å². The molecule has 2 heterocycles. The van der Waals surface area contributed by atoms with E-state index in [9.17, 15) is 0 Å². The van der Waals surface area contributed by atoms with Gasteiger partial charge < -0.3 is 4.98 Å². The van der Waals surface area contributed by atoms with Crippen LogP contribution < -0.4 is 0 Å². The topological polar surface area (TPSA) is 41.6 Å². The second-order valence-corrected chi connectivity index (χ2v) is 13.1. The molecule has 0 radical (unpaired) electrons. The van der Waals surface area contributed by atoms with E-state index >= 15 is 0 Å². The van der Waals surface area contributed by atoms with E-state index in [2.05, 4.69) is 175 Å². The quantitative estimate of drug-likeness (QED) is 0.189. The SMILES string of the molecule is c1c[nH]c(-c2ccc(-c3ccc(-c4cc(-c5cc6ccccc6c6ccccc56)nc(-c5cc6ccccc6c6ccccc56)n4)cc3)cc2)c1. The number of H-pyrrole nitrogens is 1. The monoisotopic (exact) mass is 649 g/mol. The molecule has 0 fully saturated rings. The average molecular weight is 650 g/mol. The third-order valence-corrected chi connectivity index (χ3v) is 10.1. The number of benzene rings is 8. The molecule has 0 aliphatic heterocycles. The van der Waals surface area contributed by atoms with Crippen molar-refractivity contribution in [1.82, 2.24) is 15.0 Å². The Balaban J connectivity index is 1.17. The van der Waals surface area contributed by atoms with Crippen LogP contribution in [0.25, 0.3) is 99.4 Å². The highest BCUT2D eigenvalue weighted by Gasteiger charge is 2.17. The molecule has 0 saturated carbocycles. The Morgan fingerprint density at radius 1 is 0.333 bits per heavy atom. The van der Waals surface area contributed by atoms with Crippen molar-refractivity contribution in [3.8, 4) is 56.3 Å². The predicted octanol–water partition coefficient (Wildman–Crippen LogP) is 12.8. The average Bonchev–Trinajstić information content (AvgIpc) is 3.76. The fourth-order valence-electron chi connectivity index (χ4n) is 7.54. The summed E-state index contributed by atoms with van der Waals surface area (Å²) in [5.74, 6) is 0.714. The van der Waals surface area contributed by atoms with Gasteiger partial charge in [-0.05, 0) is 90.1 Å². The number of nitrogens with one attached hydrogen (secondary N) is 1. The molecular formula is C48H31N3. The summed E-state index contributed by atoms with van der Waals surface area (Å²) in [6.07, 6.45) is 1.96. The first-order chi connectivity index (χ1) is 25.3. The summed E-state index contributed by atoms with van der Waals surface area (Å²) in [5, 5.41) is 9.56. The van der Waals surface area contributed by atoms with Crippen LogP contribution in [-0.2, 0) is 0 Å². The van der Waals surface area contributed by atoms with Gasteiger partial charge in [0, 0.05) is 28.6 Å². The molecule has 3 nitrogen and oxygen atoms in total. The van der Waals surface area contributed by atoms with Gasteiger partial charge in [-0.2, -0.15) is 0 Å².